The zero-order chi connectivity index (χ0) is 14.4. The van der Waals surface area contributed by atoms with Gasteiger partial charge >= 0.3 is 18.0 Å². The van der Waals surface area contributed by atoms with Gasteiger partial charge in [0.1, 0.15) is 5.82 Å². The molecule has 11 heteroatoms. The van der Waals surface area contributed by atoms with E-state index in [2.05, 4.69) is 9.97 Å². The van der Waals surface area contributed by atoms with Gasteiger partial charge in [-0.2, -0.15) is 30.7 Å². The van der Waals surface area contributed by atoms with Crippen LogP contribution in [0.1, 0.15) is 5.56 Å². The smallest absolute Gasteiger partial charge is 0.383 e. The number of hydrogen-bond acceptors (Lipinski definition) is 3. The zero-order valence-corrected chi connectivity index (χ0v) is 8.83. The van der Waals surface area contributed by atoms with Gasteiger partial charge in [-0.15, -0.1) is 0 Å². The van der Waals surface area contributed by atoms with E-state index in [-0.39, 0.29) is 6.20 Å². The first kappa shape index (κ1) is 14.7. The van der Waals surface area contributed by atoms with Crippen molar-refractivity contribution in [2.24, 2.45) is 0 Å². The molecule has 0 aliphatic carbocycles. The minimum Gasteiger partial charge on any atom is -0.383 e. The topological polar surface area (TPSA) is 51.8 Å². The number of anilines is 1. The molecule has 0 saturated heterocycles. The van der Waals surface area contributed by atoms with Crippen molar-refractivity contribution in [3.8, 4) is 0 Å². The van der Waals surface area contributed by atoms with Gasteiger partial charge in [-0.05, 0) is 11.6 Å². The van der Waals surface area contributed by atoms with Gasteiger partial charge in [0.25, 0.3) is 0 Å². The summed E-state index contributed by atoms with van der Waals surface area (Å²) in [5, 5.41) is -0.664. The number of aromatic nitrogens is 2. The molecular formula is C7H3ClF7N3. The molecule has 0 atom stereocenters. The summed E-state index contributed by atoms with van der Waals surface area (Å²) in [4.78, 5) is 5.78. The van der Waals surface area contributed by atoms with Crippen molar-refractivity contribution in [3.63, 3.8) is 0 Å². The van der Waals surface area contributed by atoms with Crippen molar-refractivity contribution in [3.05, 3.63) is 17.0 Å². The highest BCUT2D eigenvalue weighted by Gasteiger charge is 2.74. The van der Waals surface area contributed by atoms with Gasteiger partial charge in [0.15, 0.2) is 0 Å². The third kappa shape index (κ3) is 2.16. The molecule has 1 aromatic rings. The molecule has 3 nitrogen and oxygen atoms in total. The Hall–Kier alpha value is -1.32. The summed E-state index contributed by atoms with van der Waals surface area (Å²) in [6.07, 6.45) is -6.44. The van der Waals surface area contributed by atoms with Crippen LogP contribution < -0.4 is 5.73 Å². The Labute approximate surface area is 99.8 Å². The minimum absolute atomic E-state index is 0.0182. The molecule has 0 bridgehead atoms. The van der Waals surface area contributed by atoms with Crippen LogP contribution in [0.25, 0.3) is 0 Å². The van der Waals surface area contributed by atoms with Gasteiger partial charge in [-0.25, -0.2) is 9.97 Å². The molecule has 0 unspecified atom stereocenters. The van der Waals surface area contributed by atoms with Crippen LogP contribution in [0.5, 0.6) is 0 Å². The highest BCUT2D eigenvalue weighted by molar-refractivity contribution is 6.28. The third-order valence-corrected chi connectivity index (χ3v) is 2.06. The first-order valence-corrected chi connectivity index (χ1v) is 4.40. The molecule has 0 aromatic carbocycles. The number of halogens is 8. The molecule has 2 N–H and O–H groups in total. The average Bonchev–Trinajstić information content (AvgIpc) is 2.14. The standard InChI is InChI=1S/C7H3ClF7N3/c8-4-17-1-2(3(16)18-4)5(9,10)6(11,12)7(13,14)15/h1H,(H2,16,17,18). The Morgan fingerprint density at radius 1 is 1.06 bits per heavy atom. The van der Waals surface area contributed by atoms with Gasteiger partial charge in [0.05, 0.1) is 5.56 Å². The van der Waals surface area contributed by atoms with Gasteiger partial charge in [0, 0.05) is 6.20 Å². The number of nitrogens with two attached hydrogens (primary N) is 1. The molecule has 102 valence electrons. The van der Waals surface area contributed by atoms with E-state index in [9.17, 15) is 30.7 Å². The minimum atomic E-state index is -6.46. The van der Waals surface area contributed by atoms with Crippen molar-refractivity contribution in [2.45, 2.75) is 18.0 Å². The first-order chi connectivity index (χ1) is 7.91. The largest absolute Gasteiger partial charge is 0.460 e. The highest BCUT2D eigenvalue weighted by atomic mass is 35.5. The number of nitrogens with zero attached hydrogens (tertiary/aromatic N) is 2. The Bertz CT molecular complexity index is 459. The lowest BCUT2D eigenvalue weighted by Gasteiger charge is -2.28. The average molecular weight is 298 g/mol. The van der Waals surface area contributed by atoms with Crippen molar-refractivity contribution < 1.29 is 30.7 Å². The second-order valence-corrected chi connectivity index (χ2v) is 3.42. The van der Waals surface area contributed by atoms with Crippen molar-refractivity contribution in [1.29, 1.82) is 0 Å². The molecule has 1 heterocycles. The molecule has 1 aromatic heterocycles. The fraction of sp³-hybridized carbons (Fsp3) is 0.429. The molecule has 0 aliphatic heterocycles. The fourth-order valence-corrected chi connectivity index (χ4v) is 1.10. The molecule has 18 heavy (non-hydrogen) atoms. The SMILES string of the molecule is Nc1nc(Cl)ncc1C(F)(F)C(F)(F)C(F)(F)F. The van der Waals surface area contributed by atoms with E-state index in [0.29, 0.717) is 0 Å². The summed E-state index contributed by atoms with van der Waals surface area (Å²) in [6, 6.07) is 0. The van der Waals surface area contributed by atoms with E-state index in [1.54, 1.807) is 0 Å². The number of alkyl halides is 7. The Morgan fingerprint density at radius 2 is 1.56 bits per heavy atom. The lowest BCUT2D eigenvalue weighted by Crippen LogP contribution is -2.50. The van der Waals surface area contributed by atoms with Gasteiger partial charge in [-0.3, -0.25) is 0 Å². The maximum Gasteiger partial charge on any atom is 0.460 e. The normalized spacial score (nSPS) is 13.8. The van der Waals surface area contributed by atoms with Crippen LogP contribution >= 0.6 is 11.6 Å². The van der Waals surface area contributed by atoms with Crippen LogP contribution in [0.2, 0.25) is 5.28 Å². The molecule has 0 saturated carbocycles. The Morgan fingerprint density at radius 3 is 1.94 bits per heavy atom. The van der Waals surface area contributed by atoms with Crippen LogP contribution in [0.3, 0.4) is 0 Å². The highest BCUT2D eigenvalue weighted by Crippen LogP contribution is 2.52. The van der Waals surface area contributed by atoms with Crippen LogP contribution in [0.4, 0.5) is 36.6 Å². The summed E-state index contributed by atoms with van der Waals surface area (Å²) in [7, 11) is 0. The second-order valence-electron chi connectivity index (χ2n) is 3.08. The quantitative estimate of drug-likeness (QED) is 0.674. The predicted octanol–water partition coefficient (Wildman–Crippen LogP) is 3.00. The van der Waals surface area contributed by atoms with Crippen LogP contribution in [-0.4, -0.2) is 22.1 Å². The second kappa shape index (κ2) is 4.11. The van der Waals surface area contributed by atoms with E-state index in [4.69, 9.17) is 17.3 Å². The Kier molecular flexibility index (Phi) is 3.36. The lowest BCUT2D eigenvalue weighted by atomic mass is 10.0. The van der Waals surface area contributed by atoms with Crippen molar-refractivity contribution >= 4 is 17.4 Å². The van der Waals surface area contributed by atoms with E-state index < -0.39 is 34.7 Å². The van der Waals surface area contributed by atoms with Gasteiger partial charge < -0.3 is 5.73 Å². The van der Waals surface area contributed by atoms with E-state index >= 15 is 0 Å². The predicted molar refractivity (Wildman–Crippen MR) is 46.4 cm³/mol. The lowest BCUT2D eigenvalue weighted by molar-refractivity contribution is -0.359. The molecule has 0 spiro atoms. The molecule has 0 fully saturated rings. The summed E-state index contributed by atoms with van der Waals surface area (Å²) in [5.41, 5.74) is 2.98. The molecule has 1 rings (SSSR count). The summed E-state index contributed by atoms with van der Waals surface area (Å²) in [6.45, 7) is 0. The van der Waals surface area contributed by atoms with Gasteiger partial charge in [-0.1, -0.05) is 0 Å². The summed E-state index contributed by atoms with van der Waals surface area (Å²) < 4.78 is 87.3. The number of hydrogen-bond donors (Lipinski definition) is 1. The van der Waals surface area contributed by atoms with Crippen molar-refractivity contribution in [1.82, 2.24) is 9.97 Å². The summed E-state index contributed by atoms with van der Waals surface area (Å²) in [5.74, 6) is -13.2. The maximum atomic E-state index is 13.1. The van der Waals surface area contributed by atoms with Crippen LogP contribution in [0, 0.1) is 0 Å². The molecular weight excluding hydrogens is 295 g/mol. The van der Waals surface area contributed by atoms with Crippen LogP contribution in [0.15, 0.2) is 6.20 Å². The van der Waals surface area contributed by atoms with Crippen LogP contribution in [-0.2, 0) is 5.92 Å². The first-order valence-electron chi connectivity index (χ1n) is 4.02. The molecule has 0 amide bonds. The summed E-state index contributed by atoms with van der Waals surface area (Å²) >= 11 is 5.11. The molecule has 0 aliphatic rings. The van der Waals surface area contributed by atoms with E-state index in [1.807, 2.05) is 0 Å². The van der Waals surface area contributed by atoms with E-state index in [1.165, 1.54) is 0 Å². The Balaban J connectivity index is 3.37. The number of nitrogen functional groups attached to an aromatic ring is 1. The third-order valence-electron chi connectivity index (χ3n) is 1.88. The molecule has 0 radical (unpaired) electrons. The van der Waals surface area contributed by atoms with Crippen molar-refractivity contribution in [2.75, 3.05) is 5.73 Å². The monoisotopic (exact) mass is 297 g/mol. The van der Waals surface area contributed by atoms with Gasteiger partial charge in [0.2, 0.25) is 5.28 Å². The number of rotatable bonds is 2. The maximum absolute atomic E-state index is 13.1. The zero-order valence-electron chi connectivity index (χ0n) is 8.07. The van der Waals surface area contributed by atoms with E-state index in [0.717, 1.165) is 0 Å². The fourth-order valence-electron chi connectivity index (χ4n) is 0.962.